The molecule has 0 unspecified atom stereocenters. The Bertz CT molecular complexity index is 2880. The van der Waals surface area contributed by atoms with Gasteiger partial charge in [-0.15, -0.1) is 0 Å². The van der Waals surface area contributed by atoms with Crippen LogP contribution in [0.3, 0.4) is 0 Å². The van der Waals surface area contributed by atoms with Crippen molar-refractivity contribution < 1.29 is 0 Å². The Morgan fingerprint density at radius 1 is 0.455 bits per heavy atom. The first kappa shape index (κ1) is 32.5. The first-order valence-corrected chi connectivity index (χ1v) is 18.8. The van der Waals surface area contributed by atoms with Gasteiger partial charge in [0, 0.05) is 28.0 Å². The summed E-state index contributed by atoms with van der Waals surface area (Å²) in [4.78, 5) is 15.1. The van der Waals surface area contributed by atoms with Crippen LogP contribution >= 0.6 is 0 Å². The Hall–Kier alpha value is -7.17. The summed E-state index contributed by atoms with van der Waals surface area (Å²) in [5.41, 5.74) is 14.0. The molecule has 260 valence electrons. The molecule has 0 saturated heterocycles. The van der Waals surface area contributed by atoms with Gasteiger partial charge in [0.1, 0.15) is 5.82 Å². The highest BCUT2D eigenvalue weighted by Gasteiger charge is 2.16. The Balaban J connectivity index is 0.987. The van der Waals surface area contributed by atoms with E-state index in [1.54, 1.807) is 0 Å². The summed E-state index contributed by atoms with van der Waals surface area (Å²) in [5.74, 6) is 1.70. The van der Waals surface area contributed by atoms with E-state index in [0.717, 1.165) is 86.0 Å². The Kier molecular flexibility index (Phi) is 8.27. The van der Waals surface area contributed by atoms with Crippen molar-refractivity contribution in [3.05, 3.63) is 200 Å². The number of fused-ring (bicyclic) bond motifs is 2. The summed E-state index contributed by atoms with van der Waals surface area (Å²) in [6.45, 7) is 0. The first-order chi connectivity index (χ1) is 27.2. The van der Waals surface area contributed by atoms with Gasteiger partial charge < -0.3 is 0 Å². The highest BCUT2D eigenvalue weighted by molar-refractivity contribution is 5.99. The summed E-state index contributed by atoms with van der Waals surface area (Å²) in [6.07, 6.45) is 8.65. The third kappa shape index (κ3) is 6.24. The van der Waals surface area contributed by atoms with Crippen LogP contribution < -0.4 is 0 Å². The molecule has 10 rings (SSSR count). The van der Waals surface area contributed by atoms with Crippen molar-refractivity contribution in [2.45, 2.75) is 12.8 Å². The minimum atomic E-state index is 0.765. The highest BCUT2D eigenvalue weighted by atomic mass is 15.1. The molecule has 0 radical (unpaired) electrons. The number of rotatable bonds is 7. The summed E-state index contributed by atoms with van der Waals surface area (Å²) in [5, 5.41) is 2.43. The number of hydrogen-bond acceptors (Lipinski definition) is 3. The van der Waals surface area contributed by atoms with E-state index in [4.69, 9.17) is 15.0 Å². The van der Waals surface area contributed by atoms with E-state index in [1.807, 2.05) is 18.2 Å². The van der Waals surface area contributed by atoms with Crippen molar-refractivity contribution in [3.63, 3.8) is 0 Å². The van der Waals surface area contributed by atoms with Gasteiger partial charge in [-0.2, -0.15) is 0 Å². The highest BCUT2D eigenvalue weighted by Crippen LogP contribution is 2.36. The average Bonchev–Trinajstić information content (AvgIpc) is 3.67. The largest absolute Gasteiger partial charge is 0.292 e. The number of hydrogen-bond donors (Lipinski definition) is 0. The molecule has 2 aromatic heterocycles. The number of aromatic nitrogens is 4. The number of imidazole rings is 1. The van der Waals surface area contributed by atoms with Gasteiger partial charge in [-0.05, 0) is 82.3 Å². The fraction of sp³-hybridized carbons (Fsp3) is 0.0392. The average molecular weight is 705 g/mol. The van der Waals surface area contributed by atoms with Crippen LogP contribution in [0.15, 0.2) is 194 Å². The number of nitrogens with zero attached hydrogens (tertiary/aromatic N) is 4. The molecule has 4 heteroatoms. The molecular formula is C51H36N4. The molecule has 0 amide bonds. The summed E-state index contributed by atoms with van der Waals surface area (Å²) in [6, 6.07) is 62.2. The number of para-hydroxylation sites is 3. The minimum absolute atomic E-state index is 0.765. The molecule has 55 heavy (non-hydrogen) atoms. The fourth-order valence-corrected chi connectivity index (χ4v) is 7.65. The van der Waals surface area contributed by atoms with E-state index in [-0.39, 0.29) is 0 Å². The molecule has 9 aromatic rings. The molecule has 4 nitrogen and oxygen atoms in total. The third-order valence-electron chi connectivity index (χ3n) is 10.5. The van der Waals surface area contributed by atoms with Crippen LogP contribution in [0.25, 0.3) is 89.2 Å². The van der Waals surface area contributed by atoms with Crippen molar-refractivity contribution in [3.8, 4) is 61.8 Å². The zero-order valence-corrected chi connectivity index (χ0v) is 30.2. The van der Waals surface area contributed by atoms with Gasteiger partial charge in [-0.1, -0.05) is 158 Å². The van der Waals surface area contributed by atoms with E-state index < -0.39 is 0 Å². The van der Waals surface area contributed by atoms with Gasteiger partial charge in [0.2, 0.25) is 0 Å². The number of allylic oxidation sites excluding steroid dienone is 4. The molecule has 2 heterocycles. The molecule has 0 bridgehead atoms. The Labute approximate surface area is 320 Å². The maximum absolute atomic E-state index is 5.07. The molecule has 0 atom stereocenters. The Morgan fingerprint density at radius 3 is 1.87 bits per heavy atom. The Morgan fingerprint density at radius 2 is 1.11 bits per heavy atom. The van der Waals surface area contributed by atoms with Crippen molar-refractivity contribution >= 4 is 27.4 Å². The SMILES string of the molecule is C1=CC(c2nc(-c3ccccc3)cc(-c3ccc(-c4cccc5ccc(-c6ccc(-c7nc8ccccc8n7-c7ccccc7)cc6)cc45)cc3)n2)=CCC1. The van der Waals surface area contributed by atoms with Crippen molar-refractivity contribution in [2.75, 3.05) is 0 Å². The van der Waals surface area contributed by atoms with Crippen molar-refractivity contribution in [1.29, 1.82) is 0 Å². The van der Waals surface area contributed by atoms with E-state index >= 15 is 0 Å². The topological polar surface area (TPSA) is 43.6 Å². The first-order valence-electron chi connectivity index (χ1n) is 18.8. The van der Waals surface area contributed by atoms with Crippen LogP contribution in [0.4, 0.5) is 0 Å². The van der Waals surface area contributed by atoms with Gasteiger partial charge in [0.25, 0.3) is 0 Å². The number of benzene rings is 7. The molecule has 7 aromatic carbocycles. The summed E-state index contributed by atoms with van der Waals surface area (Å²) in [7, 11) is 0. The van der Waals surface area contributed by atoms with Gasteiger partial charge in [-0.25, -0.2) is 15.0 Å². The van der Waals surface area contributed by atoms with Crippen molar-refractivity contribution in [2.24, 2.45) is 0 Å². The van der Waals surface area contributed by atoms with Crippen LogP contribution in [-0.4, -0.2) is 19.5 Å². The lowest BCUT2D eigenvalue weighted by atomic mass is 9.94. The second-order valence-corrected chi connectivity index (χ2v) is 14.0. The molecule has 0 N–H and O–H groups in total. The van der Waals surface area contributed by atoms with Crippen LogP contribution in [0.1, 0.15) is 18.7 Å². The molecular weight excluding hydrogens is 669 g/mol. The molecule has 1 aliphatic rings. The van der Waals surface area contributed by atoms with E-state index in [0.29, 0.717) is 0 Å². The zero-order chi connectivity index (χ0) is 36.6. The summed E-state index contributed by atoms with van der Waals surface area (Å²) < 4.78 is 2.25. The predicted octanol–water partition coefficient (Wildman–Crippen LogP) is 13.0. The normalized spacial score (nSPS) is 12.6. The van der Waals surface area contributed by atoms with Crippen LogP contribution in [0.5, 0.6) is 0 Å². The molecule has 0 fully saturated rings. The van der Waals surface area contributed by atoms with E-state index in [9.17, 15) is 0 Å². The monoisotopic (exact) mass is 704 g/mol. The fourth-order valence-electron chi connectivity index (χ4n) is 7.65. The molecule has 1 aliphatic carbocycles. The van der Waals surface area contributed by atoms with E-state index in [1.165, 1.54) is 21.9 Å². The lowest BCUT2D eigenvalue weighted by molar-refractivity contribution is 1.03. The lowest BCUT2D eigenvalue weighted by Crippen LogP contribution is -1.99. The quantitative estimate of drug-likeness (QED) is 0.166. The predicted molar refractivity (Wildman–Crippen MR) is 228 cm³/mol. The second-order valence-electron chi connectivity index (χ2n) is 14.0. The van der Waals surface area contributed by atoms with Crippen LogP contribution in [0, 0.1) is 0 Å². The summed E-state index contributed by atoms with van der Waals surface area (Å²) >= 11 is 0. The van der Waals surface area contributed by atoms with Gasteiger partial charge in [-0.3, -0.25) is 4.57 Å². The third-order valence-corrected chi connectivity index (χ3v) is 10.5. The zero-order valence-electron chi connectivity index (χ0n) is 30.2. The standard InChI is InChI=1S/C51H36N4/c1-4-13-38(14-5-1)47-34-48(53-50(52-47)40-15-6-2-7-16-40)39-28-25-37(26-29-39)44-20-12-17-36-27-32-42(33-45(36)44)35-23-30-41(31-24-35)51-54-46-21-10-11-22-49(46)55(51)43-18-8-3-9-19-43/h1,3-6,8-34H,2,7H2. The lowest BCUT2D eigenvalue weighted by Gasteiger charge is -2.13. The van der Waals surface area contributed by atoms with Gasteiger partial charge in [0.05, 0.1) is 22.4 Å². The van der Waals surface area contributed by atoms with Gasteiger partial charge >= 0.3 is 0 Å². The maximum Gasteiger partial charge on any atom is 0.160 e. The second kappa shape index (κ2) is 14.0. The van der Waals surface area contributed by atoms with Crippen LogP contribution in [-0.2, 0) is 0 Å². The van der Waals surface area contributed by atoms with Gasteiger partial charge in [0.15, 0.2) is 5.82 Å². The smallest absolute Gasteiger partial charge is 0.160 e. The molecule has 0 spiro atoms. The van der Waals surface area contributed by atoms with Crippen molar-refractivity contribution in [1.82, 2.24) is 19.5 Å². The minimum Gasteiger partial charge on any atom is -0.292 e. The molecule has 0 saturated carbocycles. The maximum atomic E-state index is 5.07. The van der Waals surface area contributed by atoms with E-state index in [2.05, 4.69) is 181 Å². The van der Waals surface area contributed by atoms with Crippen LogP contribution in [0.2, 0.25) is 0 Å². The molecule has 0 aliphatic heterocycles.